The van der Waals surface area contributed by atoms with Crippen LogP contribution in [-0.4, -0.2) is 5.78 Å². The molecule has 3 aliphatic rings. The summed E-state index contributed by atoms with van der Waals surface area (Å²) < 4.78 is 0. The van der Waals surface area contributed by atoms with Gasteiger partial charge in [0.05, 0.1) is 0 Å². The van der Waals surface area contributed by atoms with Crippen LogP contribution in [0, 0.1) is 12.8 Å². The van der Waals surface area contributed by atoms with Crippen LogP contribution in [0.2, 0.25) is 0 Å². The Morgan fingerprint density at radius 3 is 2.62 bits per heavy atom. The lowest BCUT2D eigenvalue weighted by atomic mass is 9.75. The first-order valence-corrected chi connectivity index (χ1v) is 12.0. The van der Waals surface area contributed by atoms with Gasteiger partial charge in [0.1, 0.15) is 0 Å². The third-order valence-corrected chi connectivity index (χ3v) is 7.28. The summed E-state index contributed by atoms with van der Waals surface area (Å²) >= 11 is 0. The van der Waals surface area contributed by atoms with Crippen molar-refractivity contribution < 1.29 is 4.79 Å². The molecule has 34 heavy (non-hydrogen) atoms. The van der Waals surface area contributed by atoms with Gasteiger partial charge in [0.2, 0.25) is 0 Å². The third kappa shape index (κ3) is 3.56. The number of hydrogen-bond acceptors (Lipinski definition) is 2. The number of ketones is 1. The molecule has 2 nitrogen and oxygen atoms in total. The quantitative estimate of drug-likeness (QED) is 0.557. The Hall–Kier alpha value is -3.91. The van der Waals surface area contributed by atoms with E-state index in [-0.39, 0.29) is 17.6 Å². The smallest absolute Gasteiger partial charge is 0.169 e. The summed E-state index contributed by atoms with van der Waals surface area (Å²) in [4.78, 5) is 13.7. The molecule has 0 saturated heterocycles. The highest BCUT2D eigenvalue weighted by Crippen LogP contribution is 2.35. The van der Waals surface area contributed by atoms with Crippen molar-refractivity contribution >= 4 is 17.9 Å². The van der Waals surface area contributed by atoms with E-state index in [2.05, 4.69) is 72.9 Å². The van der Waals surface area contributed by atoms with Crippen LogP contribution in [0.4, 0.5) is 0 Å². The van der Waals surface area contributed by atoms with Gasteiger partial charge in [0, 0.05) is 29.3 Å². The Morgan fingerprint density at radius 1 is 0.882 bits per heavy atom. The largest absolute Gasteiger partial charge is 0.364 e. The lowest BCUT2D eigenvalue weighted by molar-refractivity contribution is 0.0944. The van der Waals surface area contributed by atoms with Crippen molar-refractivity contribution in [2.24, 2.45) is 5.92 Å². The number of nitrogens with one attached hydrogen (secondary N) is 1. The van der Waals surface area contributed by atoms with E-state index in [9.17, 15) is 4.79 Å². The standard InChI is InChI=1S/C32H27NO/c1-21-10-12-23(13-11-21)32(34)24-19-29-27-15-14-22-7-4-5-8-25(22)26(27)16-17-28(29)30(20-24)31-9-3-2-6-18-33-31/h2-13,15-19,24,30,33H,14,20H2,1H3. The maximum absolute atomic E-state index is 13.7. The molecule has 0 saturated carbocycles. The summed E-state index contributed by atoms with van der Waals surface area (Å²) in [5.41, 5.74) is 8.32. The monoisotopic (exact) mass is 441 g/mol. The minimum absolute atomic E-state index is 0.127. The van der Waals surface area contributed by atoms with E-state index in [1.54, 1.807) is 0 Å². The van der Waals surface area contributed by atoms with Crippen LogP contribution in [0.15, 0.2) is 96.9 Å². The van der Waals surface area contributed by atoms with Gasteiger partial charge in [0.15, 0.2) is 5.78 Å². The van der Waals surface area contributed by atoms with Crippen molar-refractivity contribution in [2.45, 2.75) is 25.7 Å². The first-order valence-electron chi connectivity index (χ1n) is 12.0. The summed E-state index contributed by atoms with van der Waals surface area (Å²) in [7, 11) is 0. The van der Waals surface area contributed by atoms with Crippen molar-refractivity contribution in [2.75, 3.05) is 0 Å². The molecule has 0 fully saturated rings. The molecule has 2 heteroatoms. The Balaban J connectivity index is 1.54. The second kappa shape index (κ2) is 8.46. The number of fused-ring (bicyclic) bond motifs is 5. The van der Waals surface area contributed by atoms with Crippen molar-refractivity contribution in [3.63, 3.8) is 0 Å². The van der Waals surface area contributed by atoms with Crippen LogP contribution in [0.25, 0.3) is 23.3 Å². The molecule has 0 bridgehead atoms. The summed E-state index contributed by atoms with van der Waals surface area (Å²) in [5, 5.41) is 5.96. The molecular formula is C32H27NO. The van der Waals surface area contributed by atoms with E-state index in [1.807, 2.05) is 42.6 Å². The molecule has 0 spiro atoms. The fourth-order valence-corrected chi connectivity index (χ4v) is 5.52. The SMILES string of the molecule is Cc1ccc(C(=O)C2C=c3c(ccc4c3=CCc3ccccc3-4)C(C3=CC=CC=CN3)C2)cc1. The lowest BCUT2D eigenvalue weighted by Gasteiger charge is -2.30. The van der Waals surface area contributed by atoms with E-state index in [1.165, 1.54) is 38.3 Å². The molecule has 1 N–H and O–H groups in total. The molecule has 6 rings (SSSR count). The number of carbonyl (C=O) groups excluding carboxylic acids is 1. The minimum atomic E-state index is -0.170. The van der Waals surface area contributed by atoms with Gasteiger partial charge in [-0.2, -0.15) is 0 Å². The Kier molecular flexibility index (Phi) is 5.15. The average molecular weight is 442 g/mol. The molecule has 1 aliphatic heterocycles. The van der Waals surface area contributed by atoms with Gasteiger partial charge in [-0.05, 0) is 64.6 Å². The number of hydrogen-bond donors (Lipinski definition) is 1. The average Bonchev–Trinajstić information content (AvgIpc) is 3.17. The van der Waals surface area contributed by atoms with Gasteiger partial charge < -0.3 is 5.32 Å². The first kappa shape index (κ1) is 20.7. The molecule has 3 aromatic rings. The van der Waals surface area contributed by atoms with Crippen molar-refractivity contribution in [1.29, 1.82) is 0 Å². The van der Waals surface area contributed by atoms with E-state index in [0.717, 1.165) is 24.1 Å². The van der Waals surface area contributed by atoms with Crippen LogP contribution in [0.5, 0.6) is 0 Å². The minimum Gasteiger partial charge on any atom is -0.364 e. The Bertz CT molecular complexity index is 1500. The maximum atomic E-state index is 13.7. The molecule has 0 aromatic heterocycles. The Morgan fingerprint density at radius 2 is 1.74 bits per heavy atom. The highest BCUT2D eigenvalue weighted by Gasteiger charge is 2.31. The fraction of sp³-hybridized carbons (Fsp3) is 0.156. The summed E-state index contributed by atoms with van der Waals surface area (Å²) in [6, 6.07) is 21.2. The molecular weight excluding hydrogens is 414 g/mol. The molecule has 0 radical (unpaired) electrons. The molecule has 3 aromatic carbocycles. The Labute approximate surface area is 200 Å². The zero-order valence-electron chi connectivity index (χ0n) is 19.3. The number of allylic oxidation sites excluding steroid dienone is 5. The van der Waals surface area contributed by atoms with E-state index in [0.29, 0.717) is 0 Å². The van der Waals surface area contributed by atoms with Gasteiger partial charge in [-0.3, -0.25) is 4.79 Å². The fourth-order valence-electron chi connectivity index (χ4n) is 5.52. The van der Waals surface area contributed by atoms with E-state index in [4.69, 9.17) is 0 Å². The number of carbonyl (C=O) groups is 1. The second-order valence-electron chi connectivity index (χ2n) is 9.40. The lowest BCUT2D eigenvalue weighted by Crippen LogP contribution is -2.39. The predicted molar refractivity (Wildman–Crippen MR) is 140 cm³/mol. The van der Waals surface area contributed by atoms with Gasteiger partial charge in [-0.15, -0.1) is 0 Å². The van der Waals surface area contributed by atoms with Gasteiger partial charge >= 0.3 is 0 Å². The summed E-state index contributed by atoms with van der Waals surface area (Å²) in [5.74, 6) is 0.156. The topological polar surface area (TPSA) is 29.1 Å². The predicted octanol–water partition coefficient (Wildman–Crippen LogP) is 5.32. The maximum Gasteiger partial charge on any atom is 0.169 e. The molecule has 2 unspecified atom stereocenters. The summed E-state index contributed by atoms with van der Waals surface area (Å²) in [6.07, 6.45) is 16.5. The molecule has 2 atom stereocenters. The third-order valence-electron chi connectivity index (χ3n) is 7.28. The molecule has 166 valence electrons. The van der Waals surface area contributed by atoms with Crippen LogP contribution in [-0.2, 0) is 6.42 Å². The highest BCUT2D eigenvalue weighted by molar-refractivity contribution is 6.01. The first-order chi connectivity index (χ1) is 16.7. The molecule has 1 heterocycles. The highest BCUT2D eigenvalue weighted by atomic mass is 16.1. The zero-order chi connectivity index (χ0) is 23.1. The van der Waals surface area contributed by atoms with Gasteiger partial charge in [0.25, 0.3) is 0 Å². The van der Waals surface area contributed by atoms with Crippen molar-refractivity contribution in [3.8, 4) is 11.1 Å². The van der Waals surface area contributed by atoms with Gasteiger partial charge in [-0.1, -0.05) is 90.5 Å². The van der Waals surface area contributed by atoms with Crippen LogP contribution in [0.3, 0.4) is 0 Å². The van der Waals surface area contributed by atoms with Gasteiger partial charge in [-0.25, -0.2) is 0 Å². The normalized spacial score (nSPS) is 19.9. The molecule has 0 amide bonds. The van der Waals surface area contributed by atoms with E-state index < -0.39 is 0 Å². The van der Waals surface area contributed by atoms with Crippen LogP contribution >= 0.6 is 0 Å². The van der Waals surface area contributed by atoms with Crippen LogP contribution < -0.4 is 15.8 Å². The van der Waals surface area contributed by atoms with Crippen LogP contribution in [0.1, 0.15) is 39.4 Å². The van der Waals surface area contributed by atoms with Crippen molar-refractivity contribution in [1.82, 2.24) is 5.32 Å². The second-order valence-corrected chi connectivity index (χ2v) is 9.40. The number of aryl methyl sites for hydroxylation is 1. The summed E-state index contributed by atoms with van der Waals surface area (Å²) in [6.45, 7) is 2.05. The van der Waals surface area contributed by atoms with E-state index >= 15 is 0 Å². The van der Waals surface area contributed by atoms with Crippen molar-refractivity contribution in [3.05, 3.63) is 130 Å². The zero-order valence-corrected chi connectivity index (χ0v) is 19.3. The number of Topliss-reactive ketones (excluding diaryl/α,β-unsaturated/α-hetero) is 1. The number of benzene rings is 3. The number of rotatable bonds is 3. The molecule has 2 aliphatic carbocycles.